The highest BCUT2D eigenvalue weighted by molar-refractivity contribution is 5.96. The van der Waals surface area contributed by atoms with Crippen molar-refractivity contribution < 1.29 is 23.9 Å². The van der Waals surface area contributed by atoms with E-state index in [2.05, 4.69) is 5.32 Å². The number of ether oxygens (including phenoxy) is 2. The highest BCUT2D eigenvalue weighted by Crippen LogP contribution is 2.13. The van der Waals surface area contributed by atoms with Crippen LogP contribution in [0.3, 0.4) is 0 Å². The molecule has 0 heterocycles. The number of benzene rings is 2. The van der Waals surface area contributed by atoms with Crippen molar-refractivity contribution in [1.29, 1.82) is 0 Å². The Morgan fingerprint density at radius 3 is 2.12 bits per heavy atom. The average Bonchev–Trinajstić information content (AvgIpc) is 2.61. The van der Waals surface area contributed by atoms with E-state index in [4.69, 9.17) is 15.2 Å². The van der Waals surface area contributed by atoms with Gasteiger partial charge in [-0.2, -0.15) is 0 Å². The lowest BCUT2D eigenvalue weighted by Crippen LogP contribution is -2.21. The van der Waals surface area contributed by atoms with E-state index >= 15 is 0 Å². The highest BCUT2D eigenvalue weighted by atomic mass is 16.5. The van der Waals surface area contributed by atoms with Crippen LogP contribution in [0.5, 0.6) is 5.75 Å². The molecule has 0 radical (unpaired) electrons. The van der Waals surface area contributed by atoms with Crippen LogP contribution >= 0.6 is 0 Å². The van der Waals surface area contributed by atoms with Gasteiger partial charge in [0.15, 0.2) is 6.61 Å². The Balaban J connectivity index is 1.84. The number of anilines is 1. The van der Waals surface area contributed by atoms with Crippen LogP contribution in [0, 0.1) is 0 Å². The fourth-order valence-electron chi connectivity index (χ4n) is 1.98. The van der Waals surface area contributed by atoms with E-state index in [1.54, 1.807) is 24.3 Å². The Kier molecular flexibility index (Phi) is 6.11. The van der Waals surface area contributed by atoms with Crippen LogP contribution in [0.2, 0.25) is 0 Å². The molecule has 2 rings (SSSR count). The third kappa shape index (κ3) is 5.35. The standard InChI is InChI=1S/C18H18N2O5/c1-2-24-15-9-5-13(6-10-15)18(23)25-11-16(21)20-14-7-3-12(4-8-14)17(19)22/h3-10H,2,11H2,1H3,(H2,19,22)(H,20,21). The Hall–Kier alpha value is -3.35. The summed E-state index contributed by atoms with van der Waals surface area (Å²) in [5.74, 6) is -1.01. The summed E-state index contributed by atoms with van der Waals surface area (Å²) in [7, 11) is 0. The maximum absolute atomic E-state index is 11.9. The van der Waals surface area contributed by atoms with Gasteiger partial charge in [0.2, 0.25) is 5.91 Å². The van der Waals surface area contributed by atoms with Crippen molar-refractivity contribution in [2.24, 2.45) is 5.73 Å². The van der Waals surface area contributed by atoms with Gasteiger partial charge >= 0.3 is 5.97 Å². The molecule has 130 valence electrons. The first-order chi connectivity index (χ1) is 12.0. The molecule has 0 saturated heterocycles. The van der Waals surface area contributed by atoms with E-state index in [0.29, 0.717) is 29.2 Å². The van der Waals surface area contributed by atoms with E-state index in [9.17, 15) is 14.4 Å². The van der Waals surface area contributed by atoms with Gasteiger partial charge in [0, 0.05) is 11.3 Å². The van der Waals surface area contributed by atoms with Gasteiger partial charge in [-0.3, -0.25) is 9.59 Å². The summed E-state index contributed by atoms with van der Waals surface area (Å²) in [5, 5.41) is 2.55. The van der Waals surface area contributed by atoms with Crippen molar-refractivity contribution in [1.82, 2.24) is 0 Å². The van der Waals surface area contributed by atoms with Crippen LogP contribution in [0.4, 0.5) is 5.69 Å². The van der Waals surface area contributed by atoms with Crippen LogP contribution in [0.1, 0.15) is 27.6 Å². The number of rotatable bonds is 7. The molecular formula is C18H18N2O5. The molecule has 2 aromatic rings. The van der Waals surface area contributed by atoms with E-state index in [0.717, 1.165) is 0 Å². The lowest BCUT2D eigenvalue weighted by Gasteiger charge is -2.08. The second-order valence-corrected chi connectivity index (χ2v) is 5.02. The highest BCUT2D eigenvalue weighted by Gasteiger charge is 2.11. The number of hydrogen-bond acceptors (Lipinski definition) is 5. The second-order valence-electron chi connectivity index (χ2n) is 5.02. The van der Waals surface area contributed by atoms with E-state index < -0.39 is 24.4 Å². The molecule has 0 aliphatic rings. The van der Waals surface area contributed by atoms with Gasteiger partial charge in [-0.25, -0.2) is 4.79 Å². The minimum atomic E-state index is -0.609. The molecular weight excluding hydrogens is 324 g/mol. The predicted molar refractivity (Wildman–Crippen MR) is 91.5 cm³/mol. The van der Waals surface area contributed by atoms with Crippen LogP contribution in [0.25, 0.3) is 0 Å². The van der Waals surface area contributed by atoms with Gasteiger partial charge in [-0.05, 0) is 55.5 Å². The average molecular weight is 342 g/mol. The summed E-state index contributed by atoms with van der Waals surface area (Å²) in [6, 6.07) is 12.5. The van der Waals surface area contributed by atoms with Crippen molar-refractivity contribution in [2.75, 3.05) is 18.5 Å². The number of primary amides is 1. The molecule has 0 fully saturated rings. The Labute approximate surface area is 144 Å². The number of nitrogens with two attached hydrogens (primary N) is 1. The number of amides is 2. The Morgan fingerprint density at radius 1 is 0.960 bits per heavy atom. The summed E-state index contributed by atoms with van der Waals surface area (Å²) in [6.07, 6.45) is 0. The zero-order chi connectivity index (χ0) is 18.2. The molecule has 25 heavy (non-hydrogen) atoms. The Morgan fingerprint density at radius 2 is 1.56 bits per heavy atom. The van der Waals surface area contributed by atoms with Gasteiger partial charge in [0.25, 0.3) is 5.91 Å². The molecule has 3 N–H and O–H groups in total. The molecule has 0 aromatic heterocycles. The fraction of sp³-hybridized carbons (Fsp3) is 0.167. The summed E-state index contributed by atoms with van der Waals surface area (Å²) in [4.78, 5) is 34.7. The number of carbonyl (C=O) groups excluding carboxylic acids is 3. The number of esters is 1. The van der Waals surface area contributed by atoms with E-state index in [1.807, 2.05) is 6.92 Å². The first-order valence-electron chi connectivity index (χ1n) is 7.59. The quantitative estimate of drug-likeness (QED) is 0.748. The van der Waals surface area contributed by atoms with Crippen molar-refractivity contribution in [3.05, 3.63) is 59.7 Å². The normalized spacial score (nSPS) is 9.96. The Bertz CT molecular complexity index is 754. The SMILES string of the molecule is CCOc1ccc(C(=O)OCC(=O)Nc2ccc(C(N)=O)cc2)cc1. The first-order valence-corrected chi connectivity index (χ1v) is 7.59. The predicted octanol–water partition coefficient (Wildman–Crippen LogP) is 1.98. The lowest BCUT2D eigenvalue weighted by atomic mass is 10.2. The molecule has 0 aliphatic heterocycles. The number of carbonyl (C=O) groups is 3. The van der Waals surface area contributed by atoms with E-state index in [1.165, 1.54) is 24.3 Å². The monoisotopic (exact) mass is 342 g/mol. The van der Waals surface area contributed by atoms with Gasteiger partial charge in [-0.1, -0.05) is 0 Å². The van der Waals surface area contributed by atoms with Crippen LogP contribution < -0.4 is 15.8 Å². The van der Waals surface area contributed by atoms with Crippen molar-refractivity contribution in [2.45, 2.75) is 6.92 Å². The van der Waals surface area contributed by atoms with Crippen LogP contribution in [-0.2, 0) is 9.53 Å². The van der Waals surface area contributed by atoms with Gasteiger partial charge in [0.05, 0.1) is 12.2 Å². The van der Waals surface area contributed by atoms with E-state index in [-0.39, 0.29) is 0 Å². The van der Waals surface area contributed by atoms with Crippen LogP contribution in [-0.4, -0.2) is 31.0 Å². The van der Waals surface area contributed by atoms with Gasteiger partial charge < -0.3 is 20.5 Å². The summed E-state index contributed by atoms with van der Waals surface area (Å²) >= 11 is 0. The molecule has 0 spiro atoms. The molecule has 0 bridgehead atoms. The maximum atomic E-state index is 11.9. The number of nitrogens with one attached hydrogen (secondary N) is 1. The molecule has 0 aliphatic carbocycles. The maximum Gasteiger partial charge on any atom is 0.338 e. The minimum Gasteiger partial charge on any atom is -0.494 e. The molecule has 2 amide bonds. The molecule has 7 heteroatoms. The molecule has 7 nitrogen and oxygen atoms in total. The summed E-state index contributed by atoms with van der Waals surface area (Å²) in [5.41, 5.74) is 6.26. The van der Waals surface area contributed by atoms with Crippen molar-refractivity contribution in [3.63, 3.8) is 0 Å². The third-order valence-corrected chi connectivity index (χ3v) is 3.19. The zero-order valence-corrected chi connectivity index (χ0v) is 13.7. The van der Waals surface area contributed by atoms with Gasteiger partial charge in [-0.15, -0.1) is 0 Å². The summed E-state index contributed by atoms with van der Waals surface area (Å²) in [6.45, 7) is 1.97. The summed E-state index contributed by atoms with van der Waals surface area (Å²) < 4.78 is 10.2. The molecule has 0 atom stereocenters. The lowest BCUT2D eigenvalue weighted by molar-refractivity contribution is -0.119. The smallest absolute Gasteiger partial charge is 0.338 e. The second kappa shape index (κ2) is 8.49. The minimum absolute atomic E-state index is 0.321. The largest absolute Gasteiger partial charge is 0.494 e. The van der Waals surface area contributed by atoms with Crippen LogP contribution in [0.15, 0.2) is 48.5 Å². The third-order valence-electron chi connectivity index (χ3n) is 3.19. The molecule has 0 unspecified atom stereocenters. The molecule has 2 aromatic carbocycles. The topological polar surface area (TPSA) is 108 Å². The van der Waals surface area contributed by atoms with Crippen molar-refractivity contribution >= 4 is 23.5 Å². The van der Waals surface area contributed by atoms with Gasteiger partial charge in [0.1, 0.15) is 5.75 Å². The zero-order valence-electron chi connectivity index (χ0n) is 13.7. The fourth-order valence-corrected chi connectivity index (χ4v) is 1.98. The first kappa shape index (κ1) is 18.0. The number of hydrogen-bond donors (Lipinski definition) is 2. The van der Waals surface area contributed by atoms with Crippen molar-refractivity contribution in [3.8, 4) is 5.75 Å². The molecule has 0 saturated carbocycles.